The third-order valence-corrected chi connectivity index (χ3v) is 3.40. The van der Waals surface area contributed by atoms with E-state index in [9.17, 15) is 0 Å². The smallest absolute Gasteiger partial charge is 0.152 e. The molecule has 0 amide bonds. The van der Waals surface area contributed by atoms with Gasteiger partial charge in [0.15, 0.2) is 5.58 Å². The predicted molar refractivity (Wildman–Crippen MR) is 67.6 cm³/mol. The fourth-order valence-electron chi connectivity index (χ4n) is 1.75. The molecule has 2 unspecified atom stereocenters. The van der Waals surface area contributed by atoms with Crippen LogP contribution in [0.3, 0.4) is 0 Å². The number of rotatable bonds is 3. The van der Waals surface area contributed by atoms with Crippen molar-refractivity contribution in [3.63, 3.8) is 0 Å². The van der Waals surface area contributed by atoms with Gasteiger partial charge in [0.25, 0.3) is 0 Å². The first-order valence-corrected chi connectivity index (χ1v) is 5.94. The maximum Gasteiger partial charge on any atom is 0.152 e. The molecular weight excluding hydrogens is 222 g/mol. The second-order valence-corrected chi connectivity index (χ2v) is 4.63. The summed E-state index contributed by atoms with van der Waals surface area (Å²) in [7, 11) is 0. The van der Waals surface area contributed by atoms with E-state index in [1.807, 2.05) is 24.3 Å². The molecule has 0 fully saturated rings. The van der Waals surface area contributed by atoms with Crippen LogP contribution in [0.5, 0.6) is 0 Å². The Labute approximate surface area is 100 Å². The molecule has 1 heterocycles. The van der Waals surface area contributed by atoms with Gasteiger partial charge < -0.3 is 10.2 Å². The Bertz CT molecular complexity index is 492. The number of halogens is 1. The summed E-state index contributed by atoms with van der Waals surface area (Å²) in [6.45, 7) is 4.25. The van der Waals surface area contributed by atoms with Crippen molar-refractivity contribution in [1.82, 2.24) is 0 Å². The largest absolute Gasteiger partial charge is 0.458 e. The van der Waals surface area contributed by atoms with Gasteiger partial charge in [0.2, 0.25) is 0 Å². The molecule has 2 aromatic rings. The van der Waals surface area contributed by atoms with Crippen molar-refractivity contribution >= 4 is 22.6 Å². The summed E-state index contributed by atoms with van der Waals surface area (Å²) in [6.07, 6.45) is 1.03. The third kappa shape index (κ3) is 1.95. The van der Waals surface area contributed by atoms with Crippen molar-refractivity contribution in [1.29, 1.82) is 0 Å². The van der Waals surface area contributed by atoms with Crippen molar-refractivity contribution in [3.8, 4) is 0 Å². The fraction of sp³-hybridized carbons (Fsp3) is 0.385. The van der Waals surface area contributed by atoms with Gasteiger partial charge in [-0.3, -0.25) is 0 Å². The SMILES string of the molecule is CCC(C)C(N)c1cc2cccc(Cl)c2o1. The van der Waals surface area contributed by atoms with E-state index >= 15 is 0 Å². The molecule has 1 aromatic carbocycles. The van der Waals surface area contributed by atoms with E-state index in [0.717, 1.165) is 23.2 Å². The standard InChI is InChI=1S/C13H16ClNO/c1-3-8(2)12(15)11-7-9-5-4-6-10(14)13(9)16-11/h4-8,12H,3,15H2,1-2H3. The second-order valence-electron chi connectivity index (χ2n) is 4.22. The molecule has 2 nitrogen and oxygen atoms in total. The van der Waals surface area contributed by atoms with Gasteiger partial charge in [-0.1, -0.05) is 44.0 Å². The van der Waals surface area contributed by atoms with Crippen LogP contribution in [0.4, 0.5) is 0 Å². The molecule has 2 rings (SSSR count). The summed E-state index contributed by atoms with van der Waals surface area (Å²) >= 11 is 6.05. The van der Waals surface area contributed by atoms with Crippen molar-refractivity contribution < 1.29 is 4.42 Å². The Morgan fingerprint density at radius 2 is 2.19 bits per heavy atom. The molecule has 0 aliphatic heterocycles. The van der Waals surface area contributed by atoms with E-state index in [0.29, 0.717) is 10.9 Å². The number of hydrogen-bond donors (Lipinski definition) is 1. The molecule has 1 aromatic heterocycles. The fourth-order valence-corrected chi connectivity index (χ4v) is 1.97. The zero-order valence-electron chi connectivity index (χ0n) is 9.53. The Morgan fingerprint density at radius 1 is 1.44 bits per heavy atom. The molecule has 0 spiro atoms. The van der Waals surface area contributed by atoms with Crippen molar-refractivity contribution in [3.05, 3.63) is 35.0 Å². The number of furan rings is 1. The summed E-state index contributed by atoms with van der Waals surface area (Å²) < 4.78 is 5.73. The molecule has 0 radical (unpaired) electrons. The van der Waals surface area contributed by atoms with E-state index in [1.165, 1.54) is 0 Å². The molecule has 0 saturated carbocycles. The first-order chi connectivity index (χ1) is 7.63. The molecule has 2 N–H and O–H groups in total. The van der Waals surface area contributed by atoms with Crippen LogP contribution in [-0.2, 0) is 0 Å². The summed E-state index contributed by atoms with van der Waals surface area (Å²) in [5.41, 5.74) is 6.86. The number of para-hydroxylation sites is 1. The number of benzene rings is 1. The van der Waals surface area contributed by atoms with Gasteiger partial charge in [-0.2, -0.15) is 0 Å². The quantitative estimate of drug-likeness (QED) is 0.872. The van der Waals surface area contributed by atoms with Crippen LogP contribution in [0.1, 0.15) is 32.1 Å². The Hall–Kier alpha value is -0.990. The van der Waals surface area contributed by atoms with Crippen LogP contribution in [0.15, 0.2) is 28.7 Å². The lowest BCUT2D eigenvalue weighted by molar-refractivity contribution is 0.388. The van der Waals surface area contributed by atoms with Gasteiger partial charge in [0.05, 0.1) is 11.1 Å². The molecule has 0 aliphatic carbocycles. The molecule has 86 valence electrons. The summed E-state index contributed by atoms with van der Waals surface area (Å²) in [5, 5.41) is 1.65. The minimum atomic E-state index is -0.0616. The first-order valence-electron chi connectivity index (χ1n) is 5.57. The maximum absolute atomic E-state index is 6.13. The van der Waals surface area contributed by atoms with E-state index in [1.54, 1.807) is 0 Å². The van der Waals surface area contributed by atoms with Gasteiger partial charge in [0.1, 0.15) is 5.76 Å². The van der Waals surface area contributed by atoms with Gasteiger partial charge in [-0.05, 0) is 18.1 Å². The number of hydrogen-bond acceptors (Lipinski definition) is 2. The maximum atomic E-state index is 6.13. The Morgan fingerprint density at radius 3 is 2.81 bits per heavy atom. The summed E-state index contributed by atoms with van der Waals surface area (Å²) in [4.78, 5) is 0. The van der Waals surface area contributed by atoms with Gasteiger partial charge in [0, 0.05) is 5.39 Å². The van der Waals surface area contributed by atoms with Crippen LogP contribution < -0.4 is 5.73 Å². The van der Waals surface area contributed by atoms with Crippen LogP contribution in [-0.4, -0.2) is 0 Å². The van der Waals surface area contributed by atoms with Crippen LogP contribution in [0.2, 0.25) is 5.02 Å². The van der Waals surface area contributed by atoms with Crippen molar-refractivity contribution in [2.24, 2.45) is 11.7 Å². The topological polar surface area (TPSA) is 39.2 Å². The molecule has 2 atom stereocenters. The number of nitrogens with two attached hydrogens (primary N) is 1. The van der Waals surface area contributed by atoms with E-state index in [2.05, 4.69) is 13.8 Å². The van der Waals surface area contributed by atoms with Crippen LogP contribution >= 0.6 is 11.6 Å². The third-order valence-electron chi connectivity index (χ3n) is 3.10. The highest BCUT2D eigenvalue weighted by Crippen LogP contribution is 2.31. The molecule has 0 saturated heterocycles. The molecular formula is C13H16ClNO. The Balaban J connectivity index is 2.43. The minimum Gasteiger partial charge on any atom is -0.458 e. The average Bonchev–Trinajstić information content (AvgIpc) is 2.72. The minimum absolute atomic E-state index is 0.0616. The van der Waals surface area contributed by atoms with Crippen LogP contribution in [0.25, 0.3) is 11.0 Å². The second kappa shape index (κ2) is 4.48. The zero-order chi connectivity index (χ0) is 11.7. The van der Waals surface area contributed by atoms with E-state index in [4.69, 9.17) is 21.8 Å². The lowest BCUT2D eigenvalue weighted by Gasteiger charge is -2.15. The lowest BCUT2D eigenvalue weighted by atomic mass is 9.98. The highest BCUT2D eigenvalue weighted by atomic mass is 35.5. The lowest BCUT2D eigenvalue weighted by Crippen LogP contribution is -2.17. The predicted octanol–water partition coefficient (Wildman–Crippen LogP) is 4.13. The van der Waals surface area contributed by atoms with Gasteiger partial charge in [-0.25, -0.2) is 0 Å². The van der Waals surface area contributed by atoms with E-state index in [-0.39, 0.29) is 6.04 Å². The first kappa shape index (κ1) is 11.5. The zero-order valence-corrected chi connectivity index (χ0v) is 10.3. The van der Waals surface area contributed by atoms with Crippen molar-refractivity contribution in [2.75, 3.05) is 0 Å². The van der Waals surface area contributed by atoms with Gasteiger partial charge in [-0.15, -0.1) is 0 Å². The van der Waals surface area contributed by atoms with Crippen LogP contribution in [0, 0.1) is 5.92 Å². The number of fused-ring (bicyclic) bond motifs is 1. The molecule has 3 heteroatoms. The molecule has 0 aliphatic rings. The summed E-state index contributed by atoms with van der Waals surface area (Å²) in [6, 6.07) is 7.65. The van der Waals surface area contributed by atoms with Gasteiger partial charge >= 0.3 is 0 Å². The Kier molecular flexibility index (Phi) is 3.22. The highest BCUT2D eigenvalue weighted by molar-refractivity contribution is 6.34. The van der Waals surface area contributed by atoms with E-state index < -0.39 is 0 Å². The average molecular weight is 238 g/mol. The normalized spacial score (nSPS) is 15.2. The summed E-state index contributed by atoms with van der Waals surface area (Å²) in [5.74, 6) is 1.22. The molecule has 0 bridgehead atoms. The van der Waals surface area contributed by atoms with Crippen molar-refractivity contribution in [2.45, 2.75) is 26.3 Å². The molecule has 16 heavy (non-hydrogen) atoms. The highest BCUT2D eigenvalue weighted by Gasteiger charge is 2.18. The monoisotopic (exact) mass is 237 g/mol.